The minimum atomic E-state index is -3.59. The Morgan fingerprint density at radius 3 is 2.46 bits per heavy atom. The molecule has 9 heteroatoms. The number of sulfonamides is 1. The van der Waals surface area contributed by atoms with E-state index in [4.69, 9.17) is 14.2 Å². The van der Waals surface area contributed by atoms with Crippen molar-refractivity contribution in [1.29, 1.82) is 0 Å². The molecule has 216 valence electrons. The predicted octanol–water partition coefficient (Wildman–Crippen LogP) is 4.23. The Kier molecular flexibility index (Phi) is 7.87. The van der Waals surface area contributed by atoms with Gasteiger partial charge < -0.3 is 14.2 Å². The molecule has 3 aromatic rings. The third-order valence-electron chi connectivity index (χ3n) is 8.40. The van der Waals surface area contributed by atoms with Crippen molar-refractivity contribution >= 4 is 15.8 Å². The first-order valence-electron chi connectivity index (χ1n) is 14.3. The van der Waals surface area contributed by atoms with Crippen LogP contribution in [-0.4, -0.2) is 65.3 Å². The zero-order valence-corrected chi connectivity index (χ0v) is 24.2. The fourth-order valence-corrected chi connectivity index (χ4v) is 6.80. The SMILES string of the molecule is Cc1ccc(CC(=O)C2(c3ccc4c(c3)OCO4)CC2)cc1-c1ccc(S(=O)(=O)NCCCN2CCOCC2)cc1. The number of carbonyl (C=O) groups excluding carboxylic acids is 1. The molecule has 8 nitrogen and oxygen atoms in total. The molecule has 3 aliphatic rings. The van der Waals surface area contributed by atoms with Crippen LogP contribution in [-0.2, 0) is 31.4 Å². The summed E-state index contributed by atoms with van der Waals surface area (Å²) in [5, 5.41) is 0. The Morgan fingerprint density at radius 1 is 0.951 bits per heavy atom. The van der Waals surface area contributed by atoms with Gasteiger partial charge in [-0.25, -0.2) is 13.1 Å². The lowest BCUT2D eigenvalue weighted by molar-refractivity contribution is -0.120. The average Bonchev–Trinajstić information content (AvgIpc) is 3.67. The fourth-order valence-electron chi connectivity index (χ4n) is 5.72. The molecule has 1 N–H and O–H groups in total. The number of morpholine rings is 1. The van der Waals surface area contributed by atoms with E-state index in [1.54, 1.807) is 12.1 Å². The molecule has 0 aromatic heterocycles. The summed E-state index contributed by atoms with van der Waals surface area (Å²) < 4.78 is 44.8. The zero-order chi connectivity index (χ0) is 28.5. The van der Waals surface area contributed by atoms with Crippen molar-refractivity contribution in [1.82, 2.24) is 9.62 Å². The maximum atomic E-state index is 13.5. The number of nitrogens with zero attached hydrogens (tertiary/aromatic N) is 1. The first kappa shape index (κ1) is 27.9. The maximum Gasteiger partial charge on any atom is 0.240 e. The average molecular weight is 577 g/mol. The first-order valence-corrected chi connectivity index (χ1v) is 15.8. The van der Waals surface area contributed by atoms with Crippen LogP contribution in [0.3, 0.4) is 0 Å². The summed E-state index contributed by atoms with van der Waals surface area (Å²) in [5.74, 6) is 1.62. The van der Waals surface area contributed by atoms with E-state index in [0.29, 0.717) is 18.7 Å². The van der Waals surface area contributed by atoms with Crippen LogP contribution in [0.1, 0.15) is 36.0 Å². The zero-order valence-electron chi connectivity index (χ0n) is 23.4. The molecule has 1 saturated carbocycles. The topological polar surface area (TPSA) is 94.2 Å². The Balaban J connectivity index is 1.10. The van der Waals surface area contributed by atoms with Gasteiger partial charge in [0, 0.05) is 26.1 Å². The molecule has 0 unspecified atom stereocenters. The highest BCUT2D eigenvalue weighted by atomic mass is 32.2. The largest absolute Gasteiger partial charge is 0.454 e. The molecule has 2 aliphatic heterocycles. The van der Waals surface area contributed by atoms with Gasteiger partial charge in [-0.3, -0.25) is 9.69 Å². The van der Waals surface area contributed by atoms with Gasteiger partial charge in [0.25, 0.3) is 0 Å². The lowest BCUT2D eigenvalue weighted by Gasteiger charge is -2.26. The molecule has 3 aromatic carbocycles. The molecule has 0 bridgehead atoms. The second kappa shape index (κ2) is 11.6. The molecule has 0 spiro atoms. The van der Waals surface area contributed by atoms with E-state index in [-0.39, 0.29) is 17.5 Å². The van der Waals surface area contributed by atoms with Gasteiger partial charge in [-0.2, -0.15) is 0 Å². The van der Waals surface area contributed by atoms with Crippen molar-refractivity contribution in [3.63, 3.8) is 0 Å². The Morgan fingerprint density at radius 2 is 1.71 bits per heavy atom. The number of ether oxygens (including phenoxy) is 3. The van der Waals surface area contributed by atoms with Gasteiger partial charge in [0.15, 0.2) is 11.5 Å². The van der Waals surface area contributed by atoms with E-state index < -0.39 is 15.4 Å². The van der Waals surface area contributed by atoms with Crippen LogP contribution in [0.2, 0.25) is 0 Å². The summed E-state index contributed by atoms with van der Waals surface area (Å²) in [4.78, 5) is 16.1. The fraction of sp³-hybridized carbons (Fsp3) is 0.406. The van der Waals surface area contributed by atoms with E-state index in [1.165, 1.54) is 0 Å². The molecule has 2 heterocycles. The van der Waals surface area contributed by atoms with Crippen LogP contribution < -0.4 is 14.2 Å². The van der Waals surface area contributed by atoms with Crippen LogP contribution in [0, 0.1) is 6.92 Å². The molecule has 6 rings (SSSR count). The Hall–Kier alpha value is -3.24. The van der Waals surface area contributed by atoms with Crippen molar-refractivity contribution < 1.29 is 27.4 Å². The summed E-state index contributed by atoms with van der Waals surface area (Å²) in [6.45, 7) is 6.73. The minimum absolute atomic E-state index is 0.201. The Bertz CT molecular complexity index is 1530. The van der Waals surface area contributed by atoms with Crippen LogP contribution in [0.15, 0.2) is 65.6 Å². The number of rotatable bonds is 11. The number of fused-ring (bicyclic) bond motifs is 1. The van der Waals surface area contributed by atoms with E-state index in [2.05, 4.69) is 15.7 Å². The molecule has 2 fully saturated rings. The highest BCUT2D eigenvalue weighted by Gasteiger charge is 2.50. The summed E-state index contributed by atoms with van der Waals surface area (Å²) in [6.07, 6.45) is 2.75. The number of ketones is 1. The van der Waals surface area contributed by atoms with Gasteiger partial charge in [-0.05, 0) is 84.8 Å². The van der Waals surface area contributed by atoms with E-state index in [1.807, 2.05) is 49.4 Å². The molecule has 1 saturated heterocycles. The number of nitrogens with one attached hydrogen (secondary N) is 1. The Labute approximate surface area is 241 Å². The van der Waals surface area contributed by atoms with Gasteiger partial charge >= 0.3 is 0 Å². The molecular formula is C32H36N2O6S. The van der Waals surface area contributed by atoms with Gasteiger partial charge in [0.05, 0.1) is 23.5 Å². The lowest BCUT2D eigenvalue weighted by atomic mass is 9.87. The van der Waals surface area contributed by atoms with Gasteiger partial charge in [-0.15, -0.1) is 0 Å². The summed E-state index contributed by atoms with van der Waals surface area (Å²) >= 11 is 0. The van der Waals surface area contributed by atoms with E-state index >= 15 is 0 Å². The summed E-state index contributed by atoms with van der Waals surface area (Å²) in [5.41, 5.74) is 4.45. The molecule has 1 aliphatic carbocycles. The van der Waals surface area contributed by atoms with Crippen LogP contribution >= 0.6 is 0 Å². The second-order valence-electron chi connectivity index (χ2n) is 11.1. The quantitative estimate of drug-likeness (QED) is 0.342. The normalized spacial score (nSPS) is 17.9. The van der Waals surface area contributed by atoms with Crippen molar-refractivity contribution in [2.24, 2.45) is 0 Å². The monoisotopic (exact) mass is 576 g/mol. The molecule has 41 heavy (non-hydrogen) atoms. The number of benzene rings is 3. The minimum Gasteiger partial charge on any atom is -0.454 e. The number of Topliss-reactive ketones (excluding diaryl/α,β-unsaturated/α-hetero) is 1. The third-order valence-corrected chi connectivity index (χ3v) is 9.88. The first-order chi connectivity index (χ1) is 19.8. The van der Waals surface area contributed by atoms with Crippen molar-refractivity contribution in [3.8, 4) is 22.6 Å². The number of aryl methyl sites for hydroxylation is 1. The molecule has 0 atom stereocenters. The van der Waals surface area contributed by atoms with Crippen LogP contribution in [0.5, 0.6) is 11.5 Å². The molecule has 0 radical (unpaired) electrons. The number of hydrogen-bond donors (Lipinski definition) is 1. The standard InChI is InChI=1S/C32H36N2O6S/c1-23-3-4-24(20-31(35)32(11-12-32)26-7-10-29-30(21-26)40-22-39-29)19-28(23)25-5-8-27(9-6-25)41(36,37)33-13-2-14-34-15-17-38-18-16-34/h3-10,19,21,33H,2,11-18,20,22H2,1H3. The van der Waals surface area contributed by atoms with Crippen LogP contribution in [0.25, 0.3) is 11.1 Å². The molecular weight excluding hydrogens is 540 g/mol. The maximum absolute atomic E-state index is 13.5. The number of carbonyl (C=O) groups is 1. The van der Waals surface area contributed by atoms with Crippen molar-refractivity contribution in [3.05, 3.63) is 77.4 Å². The smallest absolute Gasteiger partial charge is 0.240 e. The highest BCUT2D eigenvalue weighted by Crippen LogP contribution is 2.51. The lowest BCUT2D eigenvalue weighted by Crippen LogP contribution is -2.38. The van der Waals surface area contributed by atoms with Gasteiger partial charge in [0.1, 0.15) is 5.78 Å². The van der Waals surface area contributed by atoms with Gasteiger partial charge in [-0.1, -0.05) is 36.4 Å². The second-order valence-corrected chi connectivity index (χ2v) is 12.9. The van der Waals surface area contributed by atoms with Crippen molar-refractivity contribution in [2.45, 2.75) is 42.9 Å². The van der Waals surface area contributed by atoms with E-state index in [9.17, 15) is 13.2 Å². The molecule has 0 amide bonds. The van der Waals surface area contributed by atoms with Crippen molar-refractivity contribution in [2.75, 3.05) is 46.2 Å². The number of hydrogen-bond acceptors (Lipinski definition) is 7. The van der Waals surface area contributed by atoms with Gasteiger partial charge in [0.2, 0.25) is 16.8 Å². The highest BCUT2D eigenvalue weighted by molar-refractivity contribution is 7.89. The van der Waals surface area contributed by atoms with E-state index in [0.717, 1.165) is 85.7 Å². The van der Waals surface area contributed by atoms with Crippen LogP contribution in [0.4, 0.5) is 0 Å². The predicted molar refractivity (Wildman–Crippen MR) is 156 cm³/mol. The summed E-state index contributed by atoms with van der Waals surface area (Å²) in [6, 6.07) is 18.9. The summed E-state index contributed by atoms with van der Waals surface area (Å²) in [7, 11) is -3.59. The third kappa shape index (κ3) is 6.04.